The van der Waals surface area contributed by atoms with Crippen molar-refractivity contribution in [2.75, 3.05) is 36.9 Å². The number of aliphatic hydroxyl groups excluding tert-OH is 1. The van der Waals surface area contributed by atoms with Crippen LogP contribution < -0.4 is 15.5 Å². The Hall–Kier alpha value is -3.31. The summed E-state index contributed by atoms with van der Waals surface area (Å²) in [5.41, 5.74) is 3.81. The Morgan fingerprint density at radius 3 is 2.85 bits per heavy atom. The molecule has 212 valence electrons. The molecule has 41 heavy (non-hydrogen) atoms. The quantitative estimate of drug-likeness (QED) is 0.252. The Labute approximate surface area is 246 Å². The van der Waals surface area contributed by atoms with Crippen molar-refractivity contribution in [3.8, 4) is 11.4 Å². The summed E-state index contributed by atoms with van der Waals surface area (Å²) in [6.07, 6.45) is 3.98. The van der Waals surface area contributed by atoms with Gasteiger partial charge in [-0.05, 0) is 55.7 Å². The second-order valence-corrected chi connectivity index (χ2v) is 12.1. The highest BCUT2D eigenvalue weighted by Gasteiger charge is 2.45. The van der Waals surface area contributed by atoms with Gasteiger partial charge in [0.25, 0.3) is 5.91 Å². The fourth-order valence-electron chi connectivity index (χ4n) is 5.07. The van der Waals surface area contributed by atoms with Gasteiger partial charge in [-0.15, -0.1) is 11.8 Å². The molecule has 1 saturated heterocycles. The summed E-state index contributed by atoms with van der Waals surface area (Å²) in [5, 5.41) is 17.0. The second kappa shape index (κ2) is 11.5. The van der Waals surface area contributed by atoms with E-state index in [1.54, 1.807) is 18.3 Å². The standard InChI is InChI=1S/C30H30ClFN6O2S/c1-18-23(31)10-20(11-27(18)41-9-8-39)29(40)34-16-22-14-25-19(15-33-22)2-3-24(36-25)26-12-21(32)13-28(37-26)38-7-6-35-30(17-38)4-5-30/h2-3,10-15,35,39H,4-9,16-17H2,1H3,(H,34,40). The summed E-state index contributed by atoms with van der Waals surface area (Å²) < 4.78 is 14.7. The minimum atomic E-state index is -0.345. The molecule has 0 radical (unpaired) electrons. The molecule has 8 nitrogen and oxygen atoms in total. The van der Waals surface area contributed by atoms with Crippen LogP contribution in [-0.4, -0.2) is 63.5 Å². The number of halogens is 2. The van der Waals surface area contributed by atoms with Crippen LogP contribution in [-0.2, 0) is 6.54 Å². The minimum absolute atomic E-state index is 0.0365. The number of aromatic nitrogens is 3. The van der Waals surface area contributed by atoms with Gasteiger partial charge >= 0.3 is 0 Å². The highest BCUT2D eigenvalue weighted by atomic mass is 35.5. The maximum atomic E-state index is 14.7. The van der Waals surface area contributed by atoms with Gasteiger partial charge in [-0.1, -0.05) is 11.6 Å². The van der Waals surface area contributed by atoms with Crippen molar-refractivity contribution in [2.45, 2.75) is 36.7 Å². The van der Waals surface area contributed by atoms with Crippen LogP contribution in [0.15, 0.2) is 53.6 Å². The first-order chi connectivity index (χ1) is 19.8. The minimum Gasteiger partial charge on any atom is -0.396 e. The molecule has 0 atom stereocenters. The first-order valence-electron chi connectivity index (χ1n) is 13.6. The lowest BCUT2D eigenvalue weighted by Gasteiger charge is -2.35. The third-order valence-electron chi connectivity index (χ3n) is 7.56. The lowest BCUT2D eigenvalue weighted by molar-refractivity contribution is 0.0950. The van der Waals surface area contributed by atoms with Crippen molar-refractivity contribution in [3.05, 3.63) is 76.3 Å². The van der Waals surface area contributed by atoms with Crippen LogP contribution in [0.5, 0.6) is 0 Å². The molecule has 1 spiro atoms. The van der Waals surface area contributed by atoms with Crippen LogP contribution in [0.3, 0.4) is 0 Å². The van der Waals surface area contributed by atoms with Crippen LogP contribution in [0.25, 0.3) is 22.3 Å². The van der Waals surface area contributed by atoms with Gasteiger partial charge in [-0.3, -0.25) is 9.78 Å². The van der Waals surface area contributed by atoms with E-state index in [0.717, 1.165) is 48.3 Å². The van der Waals surface area contributed by atoms with Crippen molar-refractivity contribution in [2.24, 2.45) is 0 Å². The molecule has 4 heterocycles. The number of pyridine rings is 3. The SMILES string of the molecule is Cc1c(Cl)cc(C(=O)NCc2cc3nc(-c4cc(F)cc(N5CCNC6(CC6)C5)n4)ccc3cn2)cc1SCCO. The molecule has 2 fully saturated rings. The molecule has 3 aromatic heterocycles. The molecule has 0 unspecified atom stereocenters. The number of piperazine rings is 1. The number of carbonyl (C=O) groups excluding carboxylic acids is 1. The van der Waals surface area contributed by atoms with E-state index < -0.39 is 0 Å². The van der Waals surface area contributed by atoms with Gasteiger partial charge in [0, 0.05) is 70.1 Å². The predicted octanol–water partition coefficient (Wildman–Crippen LogP) is 4.75. The summed E-state index contributed by atoms with van der Waals surface area (Å²) in [4.78, 5) is 30.0. The fraction of sp³-hybridized carbons (Fsp3) is 0.333. The van der Waals surface area contributed by atoms with E-state index in [4.69, 9.17) is 26.7 Å². The molecule has 1 aliphatic heterocycles. The zero-order chi connectivity index (χ0) is 28.6. The van der Waals surface area contributed by atoms with Gasteiger partial charge in [0.15, 0.2) is 0 Å². The average molecular weight is 593 g/mol. The smallest absolute Gasteiger partial charge is 0.251 e. The van der Waals surface area contributed by atoms with Crippen molar-refractivity contribution in [1.82, 2.24) is 25.6 Å². The zero-order valence-electron chi connectivity index (χ0n) is 22.6. The molecule has 3 N–H and O–H groups in total. The van der Waals surface area contributed by atoms with Crippen LogP contribution in [0.4, 0.5) is 10.2 Å². The number of benzene rings is 1. The van der Waals surface area contributed by atoms with E-state index >= 15 is 0 Å². The molecule has 11 heteroatoms. The lowest BCUT2D eigenvalue weighted by Crippen LogP contribution is -2.52. The topological polar surface area (TPSA) is 103 Å². The van der Waals surface area contributed by atoms with Crippen LogP contribution in [0, 0.1) is 12.7 Å². The van der Waals surface area contributed by atoms with E-state index in [2.05, 4.69) is 20.5 Å². The number of amides is 1. The van der Waals surface area contributed by atoms with Crippen molar-refractivity contribution in [1.29, 1.82) is 0 Å². The van der Waals surface area contributed by atoms with E-state index in [1.165, 1.54) is 23.9 Å². The number of carbonyl (C=O) groups is 1. The number of rotatable bonds is 8. The maximum Gasteiger partial charge on any atom is 0.251 e. The van der Waals surface area contributed by atoms with Gasteiger partial charge in [0.1, 0.15) is 11.6 Å². The van der Waals surface area contributed by atoms with E-state index in [0.29, 0.717) is 44.8 Å². The summed E-state index contributed by atoms with van der Waals surface area (Å²) in [6.45, 7) is 4.58. The van der Waals surface area contributed by atoms with E-state index in [1.807, 2.05) is 25.1 Å². The Balaban J connectivity index is 1.20. The molecule has 1 amide bonds. The van der Waals surface area contributed by atoms with Crippen LogP contribution >= 0.6 is 23.4 Å². The molecule has 4 aromatic rings. The first kappa shape index (κ1) is 27.8. The van der Waals surface area contributed by atoms with Gasteiger partial charge in [0.05, 0.1) is 35.8 Å². The van der Waals surface area contributed by atoms with Crippen molar-refractivity contribution >= 4 is 46.0 Å². The highest BCUT2D eigenvalue weighted by molar-refractivity contribution is 7.99. The number of hydrogen-bond acceptors (Lipinski definition) is 8. The van der Waals surface area contributed by atoms with Gasteiger partial charge in [-0.25, -0.2) is 14.4 Å². The van der Waals surface area contributed by atoms with Crippen molar-refractivity contribution in [3.63, 3.8) is 0 Å². The zero-order valence-corrected chi connectivity index (χ0v) is 24.2. The number of thioether (sulfide) groups is 1. The third-order valence-corrected chi connectivity index (χ3v) is 9.07. The molecule has 6 rings (SSSR count). The number of hydrogen-bond donors (Lipinski definition) is 3. The second-order valence-electron chi connectivity index (χ2n) is 10.6. The Morgan fingerprint density at radius 2 is 2.05 bits per heavy atom. The third kappa shape index (κ3) is 6.16. The molecule has 0 bridgehead atoms. The van der Waals surface area contributed by atoms with Gasteiger partial charge < -0.3 is 20.6 Å². The lowest BCUT2D eigenvalue weighted by atomic mass is 10.1. The molecule has 1 saturated carbocycles. The van der Waals surface area contributed by atoms with Crippen LogP contribution in [0.1, 0.15) is 34.5 Å². The highest BCUT2D eigenvalue weighted by Crippen LogP contribution is 2.38. The van der Waals surface area contributed by atoms with Crippen molar-refractivity contribution < 1.29 is 14.3 Å². The average Bonchev–Trinajstić information content (AvgIpc) is 3.73. The number of aliphatic hydroxyl groups is 1. The summed E-state index contributed by atoms with van der Waals surface area (Å²) in [6, 6.07) is 11.9. The largest absolute Gasteiger partial charge is 0.396 e. The Kier molecular flexibility index (Phi) is 7.82. The Morgan fingerprint density at radius 1 is 1.20 bits per heavy atom. The first-order valence-corrected chi connectivity index (χ1v) is 14.9. The van der Waals surface area contributed by atoms with Gasteiger partial charge in [0.2, 0.25) is 0 Å². The number of nitrogens with zero attached hydrogens (tertiary/aromatic N) is 4. The molecule has 2 aliphatic rings. The van der Waals surface area contributed by atoms with E-state index in [-0.39, 0.29) is 30.4 Å². The fourth-order valence-corrected chi connectivity index (χ4v) is 6.20. The van der Waals surface area contributed by atoms with E-state index in [9.17, 15) is 9.18 Å². The Bertz CT molecular complexity index is 1630. The number of anilines is 1. The molecule has 1 aliphatic carbocycles. The normalized spacial score (nSPS) is 15.9. The number of nitrogens with one attached hydrogen (secondary N) is 2. The molecular weight excluding hydrogens is 563 g/mol. The monoisotopic (exact) mass is 592 g/mol. The summed E-state index contributed by atoms with van der Waals surface area (Å²) >= 11 is 7.81. The number of fused-ring (bicyclic) bond motifs is 1. The van der Waals surface area contributed by atoms with Crippen LogP contribution in [0.2, 0.25) is 5.02 Å². The predicted molar refractivity (Wildman–Crippen MR) is 160 cm³/mol. The molecular formula is C30H30ClFN6O2S. The summed E-state index contributed by atoms with van der Waals surface area (Å²) in [7, 11) is 0. The maximum absolute atomic E-state index is 14.7. The van der Waals surface area contributed by atoms with Gasteiger partial charge in [-0.2, -0.15) is 0 Å². The molecule has 1 aromatic carbocycles. The summed E-state index contributed by atoms with van der Waals surface area (Å²) in [5.74, 6) is 0.518.